The highest BCUT2D eigenvalue weighted by atomic mass is 14.3. The highest BCUT2D eigenvalue weighted by Crippen LogP contribution is 2.37. The first-order valence-electron chi connectivity index (χ1n) is 10.6. The van der Waals surface area contributed by atoms with Gasteiger partial charge in [0.05, 0.1) is 0 Å². The molecule has 0 aliphatic heterocycles. The molecule has 24 heavy (non-hydrogen) atoms. The van der Waals surface area contributed by atoms with Crippen molar-refractivity contribution < 1.29 is 0 Å². The van der Waals surface area contributed by atoms with Gasteiger partial charge in [0.25, 0.3) is 0 Å². The number of allylic oxidation sites excluding steroid dienone is 2. The SMILES string of the molecule is CCCCCC1CC=C(c2ccc([C@H]3CC[C@H](C)CC3)cc2)CC1. The topological polar surface area (TPSA) is 0 Å². The zero-order valence-electron chi connectivity index (χ0n) is 15.9. The van der Waals surface area contributed by atoms with Crippen molar-refractivity contribution >= 4 is 5.57 Å². The van der Waals surface area contributed by atoms with Crippen molar-refractivity contribution in [2.75, 3.05) is 0 Å². The Morgan fingerprint density at radius 1 is 0.917 bits per heavy atom. The van der Waals surface area contributed by atoms with Gasteiger partial charge >= 0.3 is 0 Å². The first-order chi connectivity index (χ1) is 11.8. The Bertz CT molecular complexity index is 513. The predicted molar refractivity (Wildman–Crippen MR) is 106 cm³/mol. The van der Waals surface area contributed by atoms with Crippen molar-refractivity contribution in [3.05, 3.63) is 41.5 Å². The van der Waals surface area contributed by atoms with Crippen molar-refractivity contribution in [1.29, 1.82) is 0 Å². The molecule has 0 saturated heterocycles. The van der Waals surface area contributed by atoms with Crippen LogP contribution in [0.3, 0.4) is 0 Å². The van der Waals surface area contributed by atoms with E-state index in [9.17, 15) is 0 Å². The van der Waals surface area contributed by atoms with Gasteiger partial charge in [-0.1, -0.05) is 82.7 Å². The van der Waals surface area contributed by atoms with Crippen molar-refractivity contribution in [1.82, 2.24) is 0 Å². The molecule has 0 amide bonds. The molecular weight excluding hydrogens is 288 g/mol. The molecular formula is C24H36. The molecule has 2 aliphatic rings. The summed E-state index contributed by atoms with van der Waals surface area (Å²) in [6.45, 7) is 4.71. The Hall–Kier alpha value is -1.04. The molecule has 0 bridgehead atoms. The molecule has 0 nitrogen and oxygen atoms in total. The van der Waals surface area contributed by atoms with E-state index in [1.807, 2.05) is 0 Å². The molecule has 2 aliphatic carbocycles. The summed E-state index contributed by atoms with van der Waals surface area (Å²) in [4.78, 5) is 0. The number of rotatable bonds is 6. The first kappa shape index (κ1) is 17.8. The Labute approximate surface area is 149 Å². The lowest BCUT2D eigenvalue weighted by Crippen LogP contribution is -2.10. The molecule has 1 saturated carbocycles. The summed E-state index contributed by atoms with van der Waals surface area (Å²) in [5, 5.41) is 0. The van der Waals surface area contributed by atoms with Gasteiger partial charge in [0.2, 0.25) is 0 Å². The summed E-state index contributed by atoms with van der Waals surface area (Å²) < 4.78 is 0. The van der Waals surface area contributed by atoms with Gasteiger partial charge in [-0.3, -0.25) is 0 Å². The van der Waals surface area contributed by atoms with E-state index in [2.05, 4.69) is 44.2 Å². The van der Waals surface area contributed by atoms with Crippen LogP contribution >= 0.6 is 0 Å². The largest absolute Gasteiger partial charge is 0.0804 e. The van der Waals surface area contributed by atoms with Crippen LogP contribution in [0.15, 0.2) is 30.3 Å². The monoisotopic (exact) mass is 324 g/mol. The third-order valence-corrected chi connectivity index (χ3v) is 6.50. The summed E-state index contributed by atoms with van der Waals surface area (Å²) in [5.41, 5.74) is 4.67. The lowest BCUT2D eigenvalue weighted by atomic mass is 9.79. The standard InChI is InChI=1S/C24H36/c1-3-4-5-6-20-9-13-22(14-10-20)24-17-15-23(16-18-24)21-11-7-19(2)8-12-21/h13,15-21H,3-12,14H2,1-2H3/t19-,20?,21-. The Kier molecular flexibility index (Phi) is 6.58. The Balaban J connectivity index is 1.54. The summed E-state index contributed by atoms with van der Waals surface area (Å²) in [7, 11) is 0. The molecule has 1 atom stereocenters. The van der Waals surface area contributed by atoms with E-state index >= 15 is 0 Å². The van der Waals surface area contributed by atoms with Crippen LogP contribution in [0.2, 0.25) is 0 Å². The van der Waals surface area contributed by atoms with Crippen LogP contribution in [0.5, 0.6) is 0 Å². The van der Waals surface area contributed by atoms with Crippen LogP contribution in [0.25, 0.3) is 5.57 Å². The van der Waals surface area contributed by atoms with E-state index in [1.54, 1.807) is 11.1 Å². The van der Waals surface area contributed by atoms with Crippen molar-refractivity contribution in [2.24, 2.45) is 11.8 Å². The lowest BCUT2D eigenvalue weighted by molar-refractivity contribution is 0.348. The molecule has 1 aromatic rings. The Morgan fingerprint density at radius 2 is 1.67 bits per heavy atom. The van der Waals surface area contributed by atoms with Gasteiger partial charge in [0.1, 0.15) is 0 Å². The minimum absolute atomic E-state index is 0.818. The van der Waals surface area contributed by atoms with Gasteiger partial charge in [-0.25, -0.2) is 0 Å². The smallest absolute Gasteiger partial charge is 0.0162 e. The van der Waals surface area contributed by atoms with Crippen LogP contribution in [0.1, 0.15) is 102 Å². The molecule has 1 unspecified atom stereocenters. The van der Waals surface area contributed by atoms with Gasteiger partial charge in [-0.15, -0.1) is 0 Å². The highest BCUT2D eigenvalue weighted by Gasteiger charge is 2.20. The van der Waals surface area contributed by atoms with Crippen molar-refractivity contribution in [3.63, 3.8) is 0 Å². The van der Waals surface area contributed by atoms with Gasteiger partial charge in [-0.05, 0) is 66.6 Å². The van der Waals surface area contributed by atoms with Crippen LogP contribution in [0.4, 0.5) is 0 Å². The number of benzene rings is 1. The van der Waals surface area contributed by atoms with E-state index in [4.69, 9.17) is 0 Å². The molecule has 0 aromatic heterocycles. The molecule has 0 spiro atoms. The van der Waals surface area contributed by atoms with Crippen LogP contribution in [-0.4, -0.2) is 0 Å². The second-order valence-electron chi connectivity index (χ2n) is 8.44. The number of hydrogen-bond donors (Lipinski definition) is 0. The summed E-state index contributed by atoms with van der Waals surface area (Å²) in [5.74, 6) is 2.71. The fourth-order valence-corrected chi connectivity index (χ4v) is 4.66. The van der Waals surface area contributed by atoms with Crippen molar-refractivity contribution in [3.8, 4) is 0 Å². The fourth-order valence-electron chi connectivity index (χ4n) is 4.66. The van der Waals surface area contributed by atoms with Crippen molar-refractivity contribution in [2.45, 2.75) is 90.4 Å². The molecule has 0 heteroatoms. The minimum atomic E-state index is 0.818. The third kappa shape index (κ3) is 4.74. The first-order valence-corrected chi connectivity index (χ1v) is 10.6. The highest BCUT2D eigenvalue weighted by molar-refractivity contribution is 5.66. The zero-order valence-corrected chi connectivity index (χ0v) is 15.9. The number of unbranched alkanes of at least 4 members (excludes halogenated alkanes) is 2. The predicted octanol–water partition coefficient (Wildman–Crippen LogP) is 7.74. The second kappa shape index (κ2) is 8.88. The Morgan fingerprint density at radius 3 is 2.29 bits per heavy atom. The maximum atomic E-state index is 2.54. The van der Waals surface area contributed by atoms with Crippen LogP contribution in [0, 0.1) is 11.8 Å². The molecule has 1 aromatic carbocycles. The van der Waals surface area contributed by atoms with Gasteiger partial charge in [-0.2, -0.15) is 0 Å². The van der Waals surface area contributed by atoms with Gasteiger partial charge < -0.3 is 0 Å². The molecule has 0 radical (unpaired) electrons. The fraction of sp³-hybridized carbons (Fsp3) is 0.667. The summed E-state index contributed by atoms with van der Waals surface area (Å²) >= 11 is 0. The van der Waals surface area contributed by atoms with E-state index in [1.165, 1.54) is 76.2 Å². The normalized spacial score (nSPS) is 27.8. The van der Waals surface area contributed by atoms with E-state index in [-0.39, 0.29) is 0 Å². The average molecular weight is 325 g/mol. The van der Waals surface area contributed by atoms with E-state index < -0.39 is 0 Å². The second-order valence-corrected chi connectivity index (χ2v) is 8.44. The minimum Gasteiger partial charge on any atom is -0.0804 e. The summed E-state index contributed by atoms with van der Waals surface area (Å²) in [6.07, 6.45) is 17.8. The maximum Gasteiger partial charge on any atom is -0.0162 e. The van der Waals surface area contributed by atoms with E-state index in [0.29, 0.717) is 0 Å². The maximum absolute atomic E-state index is 2.54. The third-order valence-electron chi connectivity index (χ3n) is 6.50. The van der Waals surface area contributed by atoms with E-state index in [0.717, 1.165) is 17.8 Å². The van der Waals surface area contributed by atoms with Gasteiger partial charge in [0.15, 0.2) is 0 Å². The van der Waals surface area contributed by atoms with Gasteiger partial charge in [0, 0.05) is 0 Å². The van der Waals surface area contributed by atoms with Crippen LogP contribution < -0.4 is 0 Å². The average Bonchev–Trinajstić information content (AvgIpc) is 2.63. The lowest BCUT2D eigenvalue weighted by Gasteiger charge is -2.27. The van der Waals surface area contributed by atoms with Crippen LogP contribution in [-0.2, 0) is 0 Å². The number of hydrogen-bond acceptors (Lipinski definition) is 0. The zero-order chi connectivity index (χ0) is 16.8. The molecule has 132 valence electrons. The quantitative estimate of drug-likeness (QED) is 0.469. The molecule has 3 rings (SSSR count). The molecule has 1 fully saturated rings. The molecule has 0 N–H and O–H groups in total. The molecule has 0 heterocycles. The summed E-state index contributed by atoms with van der Waals surface area (Å²) in [6, 6.07) is 9.64.